The number of hydrogen-bond donors (Lipinski definition) is 2. The monoisotopic (exact) mass is 321 g/mol. The molecule has 1 saturated carbocycles. The molecule has 6 heteroatoms. The van der Waals surface area contributed by atoms with Gasteiger partial charge in [0.25, 0.3) is 0 Å². The molecular weight excluding hydrogens is 309 g/mol. The van der Waals surface area contributed by atoms with E-state index in [1.807, 2.05) is 6.20 Å². The van der Waals surface area contributed by atoms with Crippen LogP contribution in [0.2, 0.25) is 0 Å². The second kappa shape index (κ2) is 4.48. The molecule has 2 rings (SSSR count). The van der Waals surface area contributed by atoms with E-state index < -0.39 is 12.0 Å². The lowest BCUT2D eigenvalue weighted by atomic mass is 10.3. The molecule has 1 heterocycles. The molecule has 1 atom stereocenters. The van der Waals surface area contributed by atoms with Gasteiger partial charge in [-0.15, -0.1) is 0 Å². The maximum absolute atomic E-state index is 11.0. The predicted molar refractivity (Wildman–Crippen MR) is 62.5 cm³/mol. The van der Waals surface area contributed by atoms with Gasteiger partial charge in [0.1, 0.15) is 6.04 Å². The highest BCUT2D eigenvalue weighted by Crippen LogP contribution is 2.19. The first kappa shape index (κ1) is 10.9. The number of nitrogens with zero attached hydrogens (tertiary/aromatic N) is 2. The zero-order chi connectivity index (χ0) is 10.8. The van der Waals surface area contributed by atoms with Crippen molar-refractivity contribution < 1.29 is 9.90 Å². The molecule has 0 spiro atoms. The standard InChI is InChI=1S/C9H12IN3O2/c10-6-3-11-13(4-6)5-8(9(14)15)12-7-1-2-7/h3-4,7-8,12H,1-2,5H2,(H,14,15). The third kappa shape index (κ3) is 3.16. The van der Waals surface area contributed by atoms with Gasteiger partial charge in [0.05, 0.1) is 16.3 Å². The van der Waals surface area contributed by atoms with Crippen molar-refractivity contribution in [1.29, 1.82) is 0 Å². The highest BCUT2D eigenvalue weighted by Gasteiger charge is 2.28. The van der Waals surface area contributed by atoms with Gasteiger partial charge in [-0.3, -0.25) is 9.48 Å². The molecular formula is C9H12IN3O2. The molecule has 1 aromatic rings. The zero-order valence-electron chi connectivity index (χ0n) is 8.06. The third-order valence-corrected chi connectivity index (χ3v) is 2.84. The van der Waals surface area contributed by atoms with E-state index >= 15 is 0 Å². The van der Waals surface area contributed by atoms with Gasteiger partial charge in [0, 0.05) is 12.2 Å². The second-order valence-corrected chi connectivity index (χ2v) is 4.96. The minimum atomic E-state index is -0.813. The second-order valence-electron chi connectivity index (χ2n) is 3.71. The first-order chi connectivity index (χ1) is 7.15. The van der Waals surface area contributed by atoms with Gasteiger partial charge < -0.3 is 10.4 Å². The predicted octanol–water partition coefficient (Wildman–Crippen LogP) is 0.693. The van der Waals surface area contributed by atoms with Crippen molar-refractivity contribution in [2.75, 3.05) is 0 Å². The number of halogens is 1. The van der Waals surface area contributed by atoms with E-state index in [4.69, 9.17) is 5.11 Å². The highest BCUT2D eigenvalue weighted by atomic mass is 127. The number of carboxylic acids is 1. The van der Waals surface area contributed by atoms with Crippen molar-refractivity contribution in [3.05, 3.63) is 16.0 Å². The number of aliphatic carboxylic acids is 1. The molecule has 2 N–H and O–H groups in total. The quantitative estimate of drug-likeness (QED) is 0.783. The first-order valence-electron chi connectivity index (χ1n) is 4.82. The normalized spacial score (nSPS) is 17.7. The molecule has 0 aromatic carbocycles. The fourth-order valence-corrected chi connectivity index (χ4v) is 1.81. The fourth-order valence-electron chi connectivity index (χ4n) is 1.36. The minimum absolute atomic E-state index is 0.384. The Balaban J connectivity index is 1.95. The third-order valence-electron chi connectivity index (χ3n) is 2.28. The average molecular weight is 321 g/mol. The van der Waals surface area contributed by atoms with Crippen LogP contribution in [0.3, 0.4) is 0 Å². The number of carboxylic acid groups (broad SMARTS) is 1. The van der Waals surface area contributed by atoms with Gasteiger partial charge in [-0.1, -0.05) is 0 Å². The lowest BCUT2D eigenvalue weighted by Crippen LogP contribution is -2.41. The Morgan fingerprint density at radius 2 is 2.53 bits per heavy atom. The van der Waals surface area contributed by atoms with Crippen molar-refractivity contribution in [3.63, 3.8) is 0 Å². The van der Waals surface area contributed by atoms with E-state index in [0.29, 0.717) is 12.6 Å². The summed E-state index contributed by atoms with van der Waals surface area (Å²) >= 11 is 2.15. The number of hydrogen-bond acceptors (Lipinski definition) is 3. The van der Waals surface area contributed by atoms with Crippen LogP contribution in [0.25, 0.3) is 0 Å². The van der Waals surface area contributed by atoms with E-state index in [-0.39, 0.29) is 0 Å². The Labute approximate surface area is 101 Å². The minimum Gasteiger partial charge on any atom is -0.480 e. The Morgan fingerprint density at radius 3 is 3.00 bits per heavy atom. The van der Waals surface area contributed by atoms with Crippen LogP contribution in [0.15, 0.2) is 12.4 Å². The van der Waals surface area contributed by atoms with Crippen LogP contribution in [0, 0.1) is 3.57 Å². The van der Waals surface area contributed by atoms with Crippen molar-refractivity contribution in [2.24, 2.45) is 0 Å². The Kier molecular flexibility index (Phi) is 3.25. The van der Waals surface area contributed by atoms with Gasteiger partial charge in [0.15, 0.2) is 0 Å². The van der Waals surface area contributed by atoms with E-state index in [0.717, 1.165) is 16.4 Å². The molecule has 1 aliphatic rings. The average Bonchev–Trinajstić information content (AvgIpc) is 2.89. The molecule has 1 aliphatic carbocycles. The fraction of sp³-hybridized carbons (Fsp3) is 0.556. The van der Waals surface area contributed by atoms with Gasteiger partial charge >= 0.3 is 5.97 Å². The van der Waals surface area contributed by atoms with Crippen molar-refractivity contribution in [3.8, 4) is 0 Å². The molecule has 0 saturated heterocycles. The molecule has 5 nitrogen and oxygen atoms in total. The number of rotatable bonds is 5. The summed E-state index contributed by atoms with van der Waals surface area (Å²) in [5, 5.41) is 16.2. The molecule has 1 unspecified atom stereocenters. The van der Waals surface area contributed by atoms with E-state index in [2.05, 4.69) is 33.0 Å². The molecule has 82 valence electrons. The summed E-state index contributed by atoms with van der Waals surface area (Å²) in [5.74, 6) is -0.813. The van der Waals surface area contributed by atoms with E-state index in [9.17, 15) is 4.79 Å². The maximum Gasteiger partial charge on any atom is 0.322 e. The number of nitrogens with one attached hydrogen (secondary N) is 1. The molecule has 15 heavy (non-hydrogen) atoms. The lowest BCUT2D eigenvalue weighted by molar-refractivity contribution is -0.140. The summed E-state index contributed by atoms with van der Waals surface area (Å²) in [5.41, 5.74) is 0. The lowest BCUT2D eigenvalue weighted by Gasteiger charge is -2.13. The van der Waals surface area contributed by atoms with Crippen LogP contribution in [0.4, 0.5) is 0 Å². The topological polar surface area (TPSA) is 67.1 Å². The first-order valence-corrected chi connectivity index (χ1v) is 5.90. The van der Waals surface area contributed by atoms with Gasteiger partial charge in [-0.2, -0.15) is 5.10 Å². The smallest absolute Gasteiger partial charge is 0.322 e. The molecule has 0 bridgehead atoms. The Morgan fingerprint density at radius 1 is 1.80 bits per heavy atom. The molecule has 1 aromatic heterocycles. The van der Waals surface area contributed by atoms with Gasteiger partial charge in [-0.25, -0.2) is 0 Å². The summed E-state index contributed by atoms with van der Waals surface area (Å²) in [6.07, 6.45) is 5.72. The van der Waals surface area contributed by atoms with Gasteiger partial charge in [0.2, 0.25) is 0 Å². The highest BCUT2D eigenvalue weighted by molar-refractivity contribution is 14.1. The summed E-state index contributed by atoms with van der Waals surface area (Å²) in [6.45, 7) is 0.384. The molecule has 0 radical (unpaired) electrons. The van der Waals surface area contributed by atoms with Crippen molar-refractivity contribution >= 4 is 28.6 Å². The van der Waals surface area contributed by atoms with Crippen LogP contribution < -0.4 is 5.32 Å². The molecule has 0 aliphatic heterocycles. The summed E-state index contributed by atoms with van der Waals surface area (Å²) < 4.78 is 2.68. The summed E-state index contributed by atoms with van der Waals surface area (Å²) in [4.78, 5) is 11.0. The molecule has 1 fully saturated rings. The zero-order valence-corrected chi connectivity index (χ0v) is 10.2. The van der Waals surface area contributed by atoms with Crippen LogP contribution in [-0.4, -0.2) is 32.9 Å². The summed E-state index contributed by atoms with van der Waals surface area (Å²) in [7, 11) is 0. The van der Waals surface area contributed by atoms with E-state index in [1.54, 1.807) is 10.9 Å². The molecule has 0 amide bonds. The van der Waals surface area contributed by atoms with Crippen LogP contribution in [0.1, 0.15) is 12.8 Å². The van der Waals surface area contributed by atoms with Crippen LogP contribution in [-0.2, 0) is 11.3 Å². The van der Waals surface area contributed by atoms with Crippen LogP contribution >= 0.6 is 22.6 Å². The summed E-state index contributed by atoms with van der Waals surface area (Å²) in [6, 6.07) is -0.145. The van der Waals surface area contributed by atoms with Crippen molar-refractivity contribution in [1.82, 2.24) is 15.1 Å². The van der Waals surface area contributed by atoms with Crippen LogP contribution in [0.5, 0.6) is 0 Å². The Bertz CT molecular complexity index is 362. The largest absolute Gasteiger partial charge is 0.480 e. The van der Waals surface area contributed by atoms with Crippen molar-refractivity contribution in [2.45, 2.75) is 31.5 Å². The maximum atomic E-state index is 11.0. The SMILES string of the molecule is O=C(O)C(Cn1cc(I)cn1)NC1CC1. The number of carbonyl (C=O) groups is 1. The Hall–Kier alpha value is -0.630. The van der Waals surface area contributed by atoms with Gasteiger partial charge in [-0.05, 0) is 35.4 Å². The number of aromatic nitrogens is 2. The van der Waals surface area contributed by atoms with E-state index in [1.165, 1.54) is 0 Å².